The topological polar surface area (TPSA) is 53.9 Å². The third kappa shape index (κ3) is 3.02. The average Bonchev–Trinajstić information content (AvgIpc) is 2.78. The third-order valence-corrected chi connectivity index (χ3v) is 5.35. The Bertz CT molecular complexity index is 634. The number of nitrogens with zero attached hydrogens (tertiary/aromatic N) is 1. The van der Waals surface area contributed by atoms with Crippen molar-refractivity contribution in [1.82, 2.24) is 10.2 Å². The maximum Gasteiger partial charge on any atom is 0.329 e. The highest BCUT2D eigenvalue weighted by atomic mass is 19.1. The van der Waals surface area contributed by atoms with E-state index in [1.807, 2.05) is 7.05 Å². The molecule has 2 N–H and O–H groups in total. The van der Waals surface area contributed by atoms with Crippen molar-refractivity contribution in [3.05, 3.63) is 35.6 Å². The maximum atomic E-state index is 13.0. The normalized spacial score (nSPS) is 28.3. The van der Waals surface area contributed by atoms with Gasteiger partial charge in [-0.1, -0.05) is 31.9 Å². The van der Waals surface area contributed by atoms with Gasteiger partial charge in [-0.05, 0) is 30.9 Å². The maximum absolute atomic E-state index is 13.0. The van der Waals surface area contributed by atoms with Gasteiger partial charge in [0.25, 0.3) is 5.91 Å². The Labute approximate surface area is 141 Å². The number of rotatable bonds is 4. The minimum Gasteiger partial charge on any atom is -0.323 e. The second kappa shape index (κ2) is 6.51. The fourth-order valence-corrected chi connectivity index (χ4v) is 3.92. The second-order valence-corrected chi connectivity index (χ2v) is 7.20. The van der Waals surface area contributed by atoms with Crippen molar-refractivity contribution in [2.45, 2.75) is 44.7 Å². The van der Waals surface area contributed by atoms with Gasteiger partial charge in [-0.25, -0.2) is 14.1 Å². The SMILES string of the molecule is C[C@H]1CCCC[C@@]12NC(=O)N(C[NH+](C)Cc1ccc(F)cc1)C2=O. The molecule has 0 radical (unpaired) electrons. The van der Waals surface area contributed by atoms with Crippen molar-refractivity contribution in [2.75, 3.05) is 13.7 Å². The minimum atomic E-state index is -0.703. The molecule has 1 unspecified atom stereocenters. The summed E-state index contributed by atoms with van der Waals surface area (Å²) >= 11 is 0. The van der Waals surface area contributed by atoms with E-state index >= 15 is 0 Å². The molecule has 1 saturated heterocycles. The van der Waals surface area contributed by atoms with Crippen molar-refractivity contribution in [1.29, 1.82) is 0 Å². The summed E-state index contributed by atoms with van der Waals surface area (Å²) in [6.45, 7) is 2.99. The number of amides is 3. The summed E-state index contributed by atoms with van der Waals surface area (Å²) < 4.78 is 13.0. The third-order valence-electron chi connectivity index (χ3n) is 5.35. The van der Waals surface area contributed by atoms with Crippen LogP contribution < -0.4 is 10.2 Å². The first-order chi connectivity index (χ1) is 11.4. The summed E-state index contributed by atoms with van der Waals surface area (Å²) in [7, 11) is 1.93. The lowest BCUT2D eigenvalue weighted by atomic mass is 9.73. The quantitative estimate of drug-likeness (QED) is 0.816. The number of nitrogens with one attached hydrogen (secondary N) is 2. The zero-order valence-corrected chi connectivity index (χ0v) is 14.3. The Kier molecular flexibility index (Phi) is 4.58. The summed E-state index contributed by atoms with van der Waals surface area (Å²) in [5, 5.41) is 2.97. The summed E-state index contributed by atoms with van der Waals surface area (Å²) in [5.74, 6) is -0.179. The largest absolute Gasteiger partial charge is 0.329 e. The second-order valence-electron chi connectivity index (χ2n) is 7.20. The van der Waals surface area contributed by atoms with Crippen LogP contribution in [-0.4, -0.2) is 36.1 Å². The molecular weight excluding hydrogens is 309 g/mol. The first kappa shape index (κ1) is 16.9. The standard InChI is InChI=1S/C18H24FN3O2/c1-13-5-3-4-10-18(13)16(23)22(17(24)20-18)12-21(2)11-14-6-8-15(19)9-7-14/h6-9,13H,3-5,10-12H2,1-2H3,(H,20,24)/p+1/t13-,18+/m0/s1. The molecule has 0 aromatic heterocycles. The van der Waals surface area contributed by atoms with Crippen LogP contribution in [0.5, 0.6) is 0 Å². The van der Waals surface area contributed by atoms with E-state index in [2.05, 4.69) is 12.2 Å². The highest BCUT2D eigenvalue weighted by Gasteiger charge is 2.55. The molecule has 1 aliphatic heterocycles. The van der Waals surface area contributed by atoms with E-state index in [1.165, 1.54) is 17.0 Å². The van der Waals surface area contributed by atoms with E-state index in [0.29, 0.717) is 13.2 Å². The van der Waals surface area contributed by atoms with Crippen molar-refractivity contribution in [3.8, 4) is 0 Å². The van der Waals surface area contributed by atoms with Gasteiger partial charge in [0.15, 0.2) is 6.67 Å². The van der Waals surface area contributed by atoms with Crippen molar-refractivity contribution in [2.24, 2.45) is 5.92 Å². The number of imide groups is 1. The Balaban J connectivity index is 1.67. The fourth-order valence-electron chi connectivity index (χ4n) is 3.92. The van der Waals surface area contributed by atoms with Crippen LogP contribution in [0.3, 0.4) is 0 Å². The molecule has 5 nitrogen and oxygen atoms in total. The van der Waals surface area contributed by atoms with Crippen LogP contribution >= 0.6 is 0 Å². The van der Waals surface area contributed by atoms with Crippen LogP contribution in [0.2, 0.25) is 0 Å². The lowest BCUT2D eigenvalue weighted by molar-refractivity contribution is -0.901. The van der Waals surface area contributed by atoms with E-state index in [4.69, 9.17) is 0 Å². The molecule has 24 heavy (non-hydrogen) atoms. The predicted octanol–water partition coefficient (Wildman–Crippen LogP) is 1.30. The van der Waals surface area contributed by atoms with E-state index < -0.39 is 5.54 Å². The highest BCUT2D eigenvalue weighted by Crippen LogP contribution is 2.37. The molecule has 0 bridgehead atoms. The molecule has 2 aliphatic rings. The fraction of sp³-hybridized carbons (Fsp3) is 0.556. The lowest BCUT2D eigenvalue weighted by Gasteiger charge is -2.36. The van der Waals surface area contributed by atoms with Crippen molar-refractivity contribution < 1.29 is 18.9 Å². The molecule has 1 heterocycles. The van der Waals surface area contributed by atoms with Crippen LogP contribution in [-0.2, 0) is 11.3 Å². The van der Waals surface area contributed by atoms with Crippen LogP contribution in [0.25, 0.3) is 0 Å². The Morgan fingerprint density at radius 1 is 1.29 bits per heavy atom. The van der Waals surface area contributed by atoms with Crippen LogP contribution in [0, 0.1) is 11.7 Å². The molecule has 1 aromatic carbocycles. The number of urea groups is 1. The first-order valence-electron chi connectivity index (χ1n) is 8.62. The van der Waals surface area contributed by atoms with Gasteiger partial charge in [-0.15, -0.1) is 0 Å². The summed E-state index contributed by atoms with van der Waals surface area (Å²) in [4.78, 5) is 27.6. The smallest absolute Gasteiger partial charge is 0.323 e. The van der Waals surface area contributed by atoms with E-state index in [1.54, 1.807) is 12.1 Å². The van der Waals surface area contributed by atoms with Crippen molar-refractivity contribution >= 4 is 11.9 Å². The first-order valence-corrected chi connectivity index (χ1v) is 8.62. The average molecular weight is 334 g/mol. The molecule has 3 rings (SSSR count). The molecule has 130 valence electrons. The molecule has 1 spiro atoms. The molecule has 3 amide bonds. The molecular formula is C18H25FN3O2+. The van der Waals surface area contributed by atoms with Gasteiger partial charge < -0.3 is 10.2 Å². The number of carbonyl (C=O) groups is 2. The van der Waals surface area contributed by atoms with E-state index in [0.717, 1.165) is 36.1 Å². The van der Waals surface area contributed by atoms with Gasteiger partial charge in [0.05, 0.1) is 7.05 Å². The van der Waals surface area contributed by atoms with Crippen LogP contribution in [0.15, 0.2) is 24.3 Å². The van der Waals surface area contributed by atoms with Gasteiger partial charge in [0.2, 0.25) is 0 Å². The number of hydrogen-bond donors (Lipinski definition) is 2. The van der Waals surface area contributed by atoms with Crippen molar-refractivity contribution in [3.63, 3.8) is 0 Å². The Hall–Kier alpha value is -1.95. The highest BCUT2D eigenvalue weighted by molar-refractivity contribution is 6.07. The zero-order valence-electron chi connectivity index (χ0n) is 14.3. The number of quaternary nitrogens is 1. The van der Waals surface area contributed by atoms with Gasteiger partial charge in [0, 0.05) is 5.56 Å². The molecule has 1 aromatic rings. The van der Waals surface area contributed by atoms with E-state index in [-0.39, 0.29) is 23.7 Å². The van der Waals surface area contributed by atoms with Gasteiger partial charge in [-0.3, -0.25) is 4.79 Å². The van der Waals surface area contributed by atoms with Gasteiger partial charge >= 0.3 is 6.03 Å². The van der Waals surface area contributed by atoms with Crippen LogP contribution in [0.4, 0.5) is 9.18 Å². The molecule has 1 aliphatic carbocycles. The number of carbonyl (C=O) groups excluding carboxylic acids is 2. The van der Waals surface area contributed by atoms with Gasteiger partial charge in [0.1, 0.15) is 17.9 Å². The molecule has 6 heteroatoms. The number of halogens is 1. The van der Waals surface area contributed by atoms with Crippen LogP contribution in [0.1, 0.15) is 38.2 Å². The predicted molar refractivity (Wildman–Crippen MR) is 87.6 cm³/mol. The summed E-state index contributed by atoms with van der Waals surface area (Å²) in [6, 6.07) is 6.03. The van der Waals surface area contributed by atoms with Gasteiger partial charge in [-0.2, -0.15) is 0 Å². The Morgan fingerprint density at radius 3 is 2.67 bits per heavy atom. The summed E-state index contributed by atoms with van der Waals surface area (Å²) in [6.07, 6.45) is 3.79. The zero-order chi connectivity index (χ0) is 17.3. The monoisotopic (exact) mass is 334 g/mol. The lowest BCUT2D eigenvalue weighted by Crippen LogP contribution is -3.09. The molecule has 3 atom stereocenters. The Morgan fingerprint density at radius 2 is 2.00 bits per heavy atom. The number of hydrogen-bond acceptors (Lipinski definition) is 2. The molecule has 1 saturated carbocycles. The number of benzene rings is 1. The minimum absolute atomic E-state index is 0.0850. The molecule has 2 fully saturated rings. The van der Waals surface area contributed by atoms with E-state index in [9.17, 15) is 14.0 Å². The summed E-state index contributed by atoms with van der Waals surface area (Å²) in [5.41, 5.74) is 0.271.